The fourth-order valence-corrected chi connectivity index (χ4v) is 4.83. The second-order valence-corrected chi connectivity index (χ2v) is 14.1. The molecule has 0 saturated heterocycles. The van der Waals surface area contributed by atoms with Gasteiger partial charge < -0.3 is 32.0 Å². The Balaban J connectivity index is 0.000000376. The predicted octanol–water partition coefficient (Wildman–Crippen LogP) is 4.64. The first-order chi connectivity index (χ1) is 21.9. The van der Waals surface area contributed by atoms with Gasteiger partial charge in [0, 0.05) is 33.7 Å². The van der Waals surface area contributed by atoms with Crippen LogP contribution in [0, 0.1) is 0 Å². The molecule has 10 N–H and O–H groups in total. The largest absolute Gasteiger partial charge is 0.748 e. The Morgan fingerprint density at radius 2 is 0.917 bits per heavy atom. The molecule has 0 atom stereocenters. The Hall–Kier alpha value is -2.78. The molecule has 264 valence electrons. The number of aromatic nitrogens is 4. The molecule has 0 aliphatic carbocycles. The van der Waals surface area contributed by atoms with E-state index in [1.807, 2.05) is 0 Å². The predicted molar refractivity (Wildman–Crippen MR) is 181 cm³/mol. The van der Waals surface area contributed by atoms with Crippen molar-refractivity contribution in [3.05, 3.63) is 65.8 Å². The van der Waals surface area contributed by atoms with E-state index in [4.69, 9.17) is 118 Å². The smallest absolute Gasteiger partial charge is 0.342 e. The van der Waals surface area contributed by atoms with Crippen LogP contribution in [0.1, 0.15) is 11.4 Å². The molecule has 14 nitrogen and oxygen atoms in total. The highest BCUT2D eigenvalue weighted by molar-refractivity contribution is 7.85. The van der Waals surface area contributed by atoms with Gasteiger partial charge in [0.1, 0.15) is 24.7 Å². The van der Waals surface area contributed by atoms with Crippen molar-refractivity contribution in [3.63, 3.8) is 0 Å². The summed E-state index contributed by atoms with van der Waals surface area (Å²) < 4.78 is 80.6. The maximum absolute atomic E-state index is 13.1. The summed E-state index contributed by atoms with van der Waals surface area (Å²) in [6.45, 7) is -1.70. The van der Waals surface area contributed by atoms with Crippen LogP contribution in [0.4, 0.5) is 32.3 Å². The molecule has 0 unspecified atom stereocenters. The summed E-state index contributed by atoms with van der Waals surface area (Å²) in [6.07, 6.45) is 1.21. The molecule has 24 heteroatoms. The molecule has 0 saturated carbocycles. The van der Waals surface area contributed by atoms with E-state index in [0.29, 0.717) is 44.8 Å². The average Bonchev–Trinajstić information content (AvgIpc) is 2.91. The highest BCUT2D eigenvalue weighted by Gasteiger charge is 2.23. The van der Waals surface area contributed by atoms with Gasteiger partial charge in [-0.25, -0.2) is 35.6 Å². The number of nitrogens with two attached hydrogens (primary N) is 4. The number of anilines is 4. The van der Waals surface area contributed by atoms with Crippen molar-refractivity contribution >= 4 is 113 Å². The van der Waals surface area contributed by atoms with Crippen molar-refractivity contribution in [1.82, 2.24) is 9.97 Å². The van der Waals surface area contributed by atoms with E-state index in [9.17, 15) is 8.78 Å². The molecule has 2 heterocycles. The molecule has 4 rings (SSSR count). The van der Waals surface area contributed by atoms with E-state index >= 15 is 0 Å². The summed E-state index contributed by atoms with van der Waals surface area (Å²) in [6, 6.07) is 6.03. The second kappa shape index (κ2) is 18.3. The Kier molecular flexibility index (Phi) is 16.5. The summed E-state index contributed by atoms with van der Waals surface area (Å²) in [5, 5.41) is 1.62. The first-order valence-corrected chi connectivity index (χ1v) is 18.0. The quantitative estimate of drug-likeness (QED) is 0.162. The Bertz CT molecular complexity index is 1860. The molecule has 0 aliphatic rings. The highest BCUT2D eigenvalue weighted by atomic mass is 35.5. The molecule has 2 aromatic carbocycles. The number of rotatable bonds is 4. The lowest BCUT2D eigenvalue weighted by Gasteiger charge is -2.10. The number of H-pyrrole nitrogens is 2. The lowest BCUT2D eigenvalue weighted by atomic mass is 10.0. The van der Waals surface area contributed by atoms with Gasteiger partial charge in [0.15, 0.2) is 0 Å². The third-order valence-electron chi connectivity index (χ3n) is 4.93. The summed E-state index contributed by atoms with van der Waals surface area (Å²) in [5.74, 6) is 0.303. The van der Waals surface area contributed by atoms with Gasteiger partial charge in [0.25, 0.3) is 0 Å². The third kappa shape index (κ3) is 14.4. The van der Waals surface area contributed by atoms with Crippen molar-refractivity contribution in [1.29, 1.82) is 0 Å². The van der Waals surface area contributed by atoms with Crippen LogP contribution < -0.4 is 32.9 Å². The fraction of sp³-hybridized carbons (Fsp3) is 0.167. The van der Waals surface area contributed by atoms with E-state index in [0.717, 1.165) is 0 Å². The van der Waals surface area contributed by atoms with Crippen LogP contribution in [0.3, 0.4) is 0 Å². The van der Waals surface area contributed by atoms with Crippen molar-refractivity contribution < 1.29 is 44.7 Å². The molecule has 48 heavy (non-hydrogen) atoms. The minimum Gasteiger partial charge on any atom is -0.748 e. The lowest BCUT2D eigenvalue weighted by Crippen LogP contribution is -2.20. The third-order valence-corrected chi connectivity index (χ3v) is 6.97. The molecule has 0 bridgehead atoms. The van der Waals surface area contributed by atoms with Gasteiger partial charge in [0.05, 0.1) is 51.5 Å². The molecule has 0 amide bonds. The number of nitrogen functional groups attached to an aromatic ring is 4. The van der Waals surface area contributed by atoms with Crippen molar-refractivity contribution in [2.45, 2.75) is 13.3 Å². The van der Waals surface area contributed by atoms with Crippen LogP contribution in [-0.4, -0.2) is 48.4 Å². The van der Waals surface area contributed by atoms with Crippen LogP contribution in [-0.2, 0) is 33.6 Å². The van der Waals surface area contributed by atoms with Gasteiger partial charge in [-0.2, -0.15) is 0 Å². The normalized spacial score (nSPS) is 10.9. The minimum absolute atomic E-state index is 0.0122. The van der Waals surface area contributed by atoms with Crippen LogP contribution in [0.5, 0.6) is 0 Å². The van der Waals surface area contributed by atoms with E-state index < -0.39 is 33.6 Å². The molecule has 0 aliphatic heterocycles. The van der Waals surface area contributed by atoms with Crippen LogP contribution in [0.15, 0.2) is 24.3 Å². The van der Waals surface area contributed by atoms with E-state index in [2.05, 4.69) is 19.9 Å². The molecular weight excluding hydrogens is 811 g/mol. The Morgan fingerprint density at radius 3 is 1.17 bits per heavy atom. The molecular formula is C24H24Cl6F2N8O6S2. The number of nitrogens with one attached hydrogen (secondary N) is 2. The number of benzene rings is 2. The van der Waals surface area contributed by atoms with Gasteiger partial charge in [-0.05, 0) is 24.3 Å². The van der Waals surface area contributed by atoms with Crippen LogP contribution >= 0.6 is 69.6 Å². The molecule has 0 spiro atoms. The lowest BCUT2D eigenvalue weighted by molar-refractivity contribution is -0.346. The number of aromatic amines is 2. The zero-order valence-electron chi connectivity index (χ0n) is 24.2. The van der Waals surface area contributed by atoms with Gasteiger partial charge in [0.2, 0.25) is 11.6 Å². The molecule has 0 fully saturated rings. The maximum Gasteiger partial charge on any atom is 0.342 e. The Morgan fingerprint density at radius 1 is 0.646 bits per heavy atom. The second-order valence-electron chi connectivity index (χ2n) is 8.89. The minimum atomic E-state index is -3.92. The standard InChI is InChI=1S/2C11H8Cl3FN4.2CH4O3S/c2*12-4-1-5(9(14)6(13)2-4)8-7(3-15)18-11(17)19-10(8)16;2*1-5(2,3)4/h2*1-2H,3H2,(H4,16,17,18,19);2*1H3,(H,2,3,4). The first kappa shape index (κ1) is 43.2. The number of nitrogens with zero attached hydrogens (tertiary/aromatic N) is 2. The zero-order chi connectivity index (χ0) is 37.3. The van der Waals surface area contributed by atoms with Crippen molar-refractivity contribution in [2.24, 2.45) is 0 Å². The van der Waals surface area contributed by atoms with Gasteiger partial charge >= 0.3 is 11.9 Å². The fourth-order valence-electron chi connectivity index (χ4n) is 3.44. The topological polar surface area (TPSA) is 273 Å². The molecule has 0 radical (unpaired) electrons. The van der Waals surface area contributed by atoms with Crippen LogP contribution in [0.25, 0.3) is 22.3 Å². The van der Waals surface area contributed by atoms with E-state index in [1.54, 1.807) is 0 Å². The summed E-state index contributed by atoms with van der Waals surface area (Å²) >= 11 is 35.9. The first-order valence-electron chi connectivity index (χ1n) is 12.1. The summed E-state index contributed by atoms with van der Waals surface area (Å²) in [4.78, 5) is 12.9. The maximum atomic E-state index is 13.1. The SMILES string of the molecule is CS(=O)(=O)[O-].CS(=O)(=O)[O-].Nc1nc(CF)c(-c2cc(Cl)cc(Cl)c2Cl)c(N)[nH+]1.Nc1nc(CF)c(-c2cc(Cl)cc(Cl)c2Cl)c(N)[nH+]1. The number of alkyl halides is 2. The monoisotopic (exact) mass is 832 g/mol. The van der Waals surface area contributed by atoms with Gasteiger partial charge in [-0.3, -0.25) is 0 Å². The molecule has 4 aromatic rings. The van der Waals surface area contributed by atoms with Gasteiger partial charge in [-0.15, -0.1) is 9.97 Å². The average molecular weight is 835 g/mol. The summed E-state index contributed by atoms with van der Waals surface area (Å²) in [5.41, 5.74) is 24.1. The van der Waals surface area contributed by atoms with Gasteiger partial charge in [-0.1, -0.05) is 69.6 Å². The zero-order valence-corrected chi connectivity index (χ0v) is 30.4. The number of halogens is 8. The summed E-state index contributed by atoms with van der Waals surface area (Å²) in [7, 11) is -7.83. The Labute approximate surface area is 303 Å². The highest BCUT2D eigenvalue weighted by Crippen LogP contribution is 2.40. The van der Waals surface area contributed by atoms with Crippen LogP contribution in [0.2, 0.25) is 30.1 Å². The van der Waals surface area contributed by atoms with E-state index in [1.165, 1.54) is 24.3 Å². The number of hydrogen-bond acceptors (Lipinski definition) is 12. The molecule has 2 aromatic heterocycles. The van der Waals surface area contributed by atoms with Crippen molar-refractivity contribution in [3.8, 4) is 22.3 Å². The number of hydrogen-bond donors (Lipinski definition) is 4. The van der Waals surface area contributed by atoms with Crippen molar-refractivity contribution in [2.75, 3.05) is 35.4 Å². The van der Waals surface area contributed by atoms with E-state index in [-0.39, 0.29) is 55.0 Å².